The number of aromatic nitrogens is 2. The SMILES string of the molecule is CCOC(=O)C1CCCN(c2ncnc(N(CC)c3ccccc3)c2N)C1. The molecule has 144 valence electrons. The van der Waals surface area contributed by atoms with Crippen molar-refractivity contribution in [2.75, 3.05) is 41.8 Å². The first-order valence-corrected chi connectivity index (χ1v) is 9.50. The van der Waals surface area contributed by atoms with Gasteiger partial charge in [-0.05, 0) is 38.8 Å². The number of rotatable bonds is 6. The second kappa shape index (κ2) is 8.70. The first kappa shape index (κ1) is 18.9. The fourth-order valence-corrected chi connectivity index (χ4v) is 3.53. The van der Waals surface area contributed by atoms with Crippen LogP contribution in [0.4, 0.5) is 23.0 Å². The van der Waals surface area contributed by atoms with Crippen LogP contribution in [-0.4, -0.2) is 42.2 Å². The van der Waals surface area contributed by atoms with Gasteiger partial charge in [0.25, 0.3) is 0 Å². The zero-order valence-electron chi connectivity index (χ0n) is 16.0. The highest BCUT2D eigenvalue weighted by Crippen LogP contribution is 2.34. The van der Waals surface area contributed by atoms with E-state index in [1.165, 1.54) is 0 Å². The Labute approximate surface area is 160 Å². The van der Waals surface area contributed by atoms with E-state index in [0.29, 0.717) is 30.5 Å². The molecule has 0 aliphatic carbocycles. The van der Waals surface area contributed by atoms with Gasteiger partial charge < -0.3 is 20.3 Å². The molecule has 1 aliphatic rings. The molecule has 0 spiro atoms. The van der Waals surface area contributed by atoms with Crippen LogP contribution in [0, 0.1) is 5.92 Å². The lowest BCUT2D eigenvalue weighted by atomic mass is 9.98. The highest BCUT2D eigenvalue weighted by Gasteiger charge is 2.29. The zero-order valence-corrected chi connectivity index (χ0v) is 16.0. The Morgan fingerprint density at radius 2 is 2.07 bits per heavy atom. The van der Waals surface area contributed by atoms with Crippen molar-refractivity contribution in [1.29, 1.82) is 0 Å². The number of para-hydroxylation sites is 1. The summed E-state index contributed by atoms with van der Waals surface area (Å²) in [6.45, 7) is 6.40. The van der Waals surface area contributed by atoms with E-state index in [4.69, 9.17) is 10.5 Å². The molecule has 3 rings (SSSR count). The van der Waals surface area contributed by atoms with Gasteiger partial charge in [-0.1, -0.05) is 18.2 Å². The van der Waals surface area contributed by atoms with E-state index >= 15 is 0 Å². The van der Waals surface area contributed by atoms with Gasteiger partial charge in [0.1, 0.15) is 12.0 Å². The van der Waals surface area contributed by atoms with Crippen LogP contribution in [0.5, 0.6) is 0 Å². The van der Waals surface area contributed by atoms with Crippen molar-refractivity contribution in [3.05, 3.63) is 36.7 Å². The van der Waals surface area contributed by atoms with Crippen molar-refractivity contribution in [2.45, 2.75) is 26.7 Å². The lowest BCUT2D eigenvalue weighted by Gasteiger charge is -2.34. The number of hydrogen-bond donors (Lipinski definition) is 1. The van der Waals surface area contributed by atoms with E-state index in [1.54, 1.807) is 6.33 Å². The maximum Gasteiger partial charge on any atom is 0.310 e. The average molecular weight is 369 g/mol. The van der Waals surface area contributed by atoms with E-state index in [1.807, 2.05) is 37.3 Å². The second-order valence-electron chi connectivity index (χ2n) is 6.55. The van der Waals surface area contributed by atoms with Crippen LogP contribution in [-0.2, 0) is 9.53 Å². The Morgan fingerprint density at radius 1 is 1.30 bits per heavy atom. The van der Waals surface area contributed by atoms with Gasteiger partial charge in [0.05, 0.1) is 12.5 Å². The first-order chi connectivity index (χ1) is 13.2. The third-order valence-electron chi connectivity index (χ3n) is 4.82. The summed E-state index contributed by atoms with van der Waals surface area (Å²) in [5.74, 6) is 1.08. The standard InChI is InChI=1S/C20H27N5O2/c1-3-25(16-10-6-5-7-11-16)19-17(21)18(22-14-23-19)24-12-8-9-15(13-24)20(26)27-4-2/h5-7,10-11,14-15H,3-4,8-9,12-13,21H2,1-2H3. The fraction of sp³-hybridized carbons (Fsp3) is 0.450. The molecule has 1 atom stereocenters. The maximum absolute atomic E-state index is 12.1. The summed E-state index contributed by atoms with van der Waals surface area (Å²) in [7, 11) is 0. The van der Waals surface area contributed by atoms with Gasteiger partial charge in [-0.3, -0.25) is 4.79 Å². The summed E-state index contributed by atoms with van der Waals surface area (Å²) in [5.41, 5.74) is 8.05. The van der Waals surface area contributed by atoms with Crippen molar-refractivity contribution >= 4 is 29.0 Å². The number of carbonyl (C=O) groups is 1. The Hall–Kier alpha value is -2.83. The minimum atomic E-state index is -0.145. The minimum absolute atomic E-state index is 0.144. The van der Waals surface area contributed by atoms with Crippen LogP contribution < -0.4 is 15.5 Å². The number of nitrogen functional groups attached to an aromatic ring is 1. The molecule has 0 saturated carbocycles. The summed E-state index contributed by atoms with van der Waals surface area (Å²) < 4.78 is 5.20. The van der Waals surface area contributed by atoms with E-state index in [9.17, 15) is 4.79 Å². The topological polar surface area (TPSA) is 84.6 Å². The third-order valence-corrected chi connectivity index (χ3v) is 4.82. The van der Waals surface area contributed by atoms with Crippen molar-refractivity contribution in [3.8, 4) is 0 Å². The Balaban J connectivity index is 1.87. The number of nitrogens with two attached hydrogens (primary N) is 1. The van der Waals surface area contributed by atoms with Gasteiger partial charge >= 0.3 is 5.97 Å². The molecule has 2 aromatic rings. The molecule has 1 unspecified atom stereocenters. The van der Waals surface area contributed by atoms with Crippen LogP contribution >= 0.6 is 0 Å². The molecule has 27 heavy (non-hydrogen) atoms. The number of anilines is 4. The van der Waals surface area contributed by atoms with Crippen LogP contribution in [0.2, 0.25) is 0 Å². The predicted octanol–water partition coefficient (Wildman–Crippen LogP) is 3.00. The molecule has 7 heteroatoms. The van der Waals surface area contributed by atoms with E-state index in [0.717, 1.165) is 31.6 Å². The predicted molar refractivity (Wildman–Crippen MR) is 107 cm³/mol. The van der Waals surface area contributed by atoms with Gasteiger partial charge in [0.15, 0.2) is 11.6 Å². The van der Waals surface area contributed by atoms with Crippen molar-refractivity contribution in [3.63, 3.8) is 0 Å². The lowest BCUT2D eigenvalue weighted by Crippen LogP contribution is -2.40. The van der Waals surface area contributed by atoms with Crippen LogP contribution in [0.3, 0.4) is 0 Å². The van der Waals surface area contributed by atoms with E-state index in [2.05, 4.69) is 26.7 Å². The van der Waals surface area contributed by atoms with Gasteiger partial charge in [-0.25, -0.2) is 9.97 Å². The highest BCUT2D eigenvalue weighted by atomic mass is 16.5. The molecule has 1 aromatic heterocycles. The molecule has 0 bridgehead atoms. The molecule has 0 amide bonds. The number of carbonyl (C=O) groups excluding carboxylic acids is 1. The number of nitrogens with zero attached hydrogens (tertiary/aromatic N) is 4. The van der Waals surface area contributed by atoms with Gasteiger partial charge in [-0.2, -0.15) is 0 Å². The normalized spacial score (nSPS) is 16.8. The van der Waals surface area contributed by atoms with Crippen molar-refractivity contribution in [2.24, 2.45) is 5.92 Å². The summed E-state index contributed by atoms with van der Waals surface area (Å²) >= 11 is 0. The second-order valence-corrected chi connectivity index (χ2v) is 6.55. The molecule has 1 fully saturated rings. The summed E-state index contributed by atoms with van der Waals surface area (Å²) in [5, 5.41) is 0. The Kier molecular flexibility index (Phi) is 6.11. The average Bonchev–Trinajstić information content (AvgIpc) is 2.71. The maximum atomic E-state index is 12.1. The lowest BCUT2D eigenvalue weighted by molar-refractivity contribution is -0.148. The fourth-order valence-electron chi connectivity index (χ4n) is 3.53. The molecule has 2 N–H and O–H groups in total. The Bertz CT molecular complexity index is 768. The van der Waals surface area contributed by atoms with Crippen LogP contribution in [0.25, 0.3) is 0 Å². The van der Waals surface area contributed by atoms with Gasteiger partial charge in [0, 0.05) is 25.3 Å². The van der Waals surface area contributed by atoms with Crippen molar-refractivity contribution in [1.82, 2.24) is 9.97 Å². The molecule has 0 radical (unpaired) electrons. The first-order valence-electron chi connectivity index (χ1n) is 9.50. The number of esters is 1. The van der Waals surface area contributed by atoms with Gasteiger partial charge in [-0.15, -0.1) is 0 Å². The zero-order chi connectivity index (χ0) is 19.2. The molecule has 1 saturated heterocycles. The summed E-state index contributed by atoms with van der Waals surface area (Å²) in [6.07, 6.45) is 3.28. The monoisotopic (exact) mass is 369 g/mol. The number of benzene rings is 1. The minimum Gasteiger partial charge on any atom is -0.466 e. The number of piperidine rings is 1. The Morgan fingerprint density at radius 3 is 2.78 bits per heavy atom. The van der Waals surface area contributed by atoms with Crippen LogP contribution in [0.1, 0.15) is 26.7 Å². The third kappa shape index (κ3) is 4.13. The molecule has 7 nitrogen and oxygen atoms in total. The largest absolute Gasteiger partial charge is 0.466 e. The molecule has 2 heterocycles. The highest BCUT2D eigenvalue weighted by molar-refractivity contribution is 5.80. The van der Waals surface area contributed by atoms with E-state index in [-0.39, 0.29) is 11.9 Å². The summed E-state index contributed by atoms with van der Waals surface area (Å²) in [6, 6.07) is 10.0. The van der Waals surface area contributed by atoms with Crippen molar-refractivity contribution < 1.29 is 9.53 Å². The molecular formula is C20H27N5O2. The van der Waals surface area contributed by atoms with E-state index < -0.39 is 0 Å². The number of hydrogen-bond acceptors (Lipinski definition) is 7. The smallest absolute Gasteiger partial charge is 0.310 e. The number of ether oxygens (including phenoxy) is 1. The van der Waals surface area contributed by atoms with Crippen LogP contribution in [0.15, 0.2) is 36.7 Å². The molecular weight excluding hydrogens is 342 g/mol. The molecule has 1 aromatic carbocycles. The van der Waals surface area contributed by atoms with Gasteiger partial charge in [0.2, 0.25) is 0 Å². The quantitative estimate of drug-likeness (QED) is 0.784. The summed E-state index contributed by atoms with van der Waals surface area (Å²) in [4.78, 5) is 25.1. The molecule has 1 aliphatic heterocycles.